The monoisotopic (exact) mass is 625 g/mol. The number of anilines is 3. The van der Waals surface area contributed by atoms with Gasteiger partial charge in [0.05, 0.1) is 48.9 Å². The number of sulfonamides is 1. The Bertz CT molecular complexity index is 1700. The van der Waals surface area contributed by atoms with E-state index in [9.17, 15) is 18.3 Å². The van der Waals surface area contributed by atoms with E-state index in [0.717, 1.165) is 28.8 Å². The number of ether oxygens (including phenoxy) is 1. The van der Waals surface area contributed by atoms with Crippen LogP contribution in [0.25, 0.3) is 0 Å². The van der Waals surface area contributed by atoms with Crippen LogP contribution in [0.15, 0.2) is 46.9 Å². The Morgan fingerprint density at radius 1 is 1.11 bits per heavy atom. The Balaban J connectivity index is 1.61. The van der Waals surface area contributed by atoms with Gasteiger partial charge in [-0.05, 0) is 53.1 Å². The standard InChI is InChI=1S/C31H43N7O5S/c1-18-11-12-19(29(40)33-21-14-20(30(2,3)4)15-22(26(21)43-9)35-44(10,41)42)13-24(18)38-17-23(34-36-38)25-16-32-28(37(25)8)27(39)31(5,6)7/h11-16,23,27,35,39H,17H2,1-10H3,(H,33,40). The summed E-state index contributed by atoms with van der Waals surface area (Å²) >= 11 is 0. The number of rotatable bonds is 8. The number of hydrogen-bond donors (Lipinski definition) is 3. The normalized spacial score (nSPS) is 16.2. The van der Waals surface area contributed by atoms with Crippen LogP contribution in [0.5, 0.6) is 5.75 Å². The number of aryl methyl sites for hydroxylation is 1. The minimum absolute atomic E-state index is 0.201. The van der Waals surface area contributed by atoms with E-state index in [-0.39, 0.29) is 28.3 Å². The van der Waals surface area contributed by atoms with Crippen molar-refractivity contribution < 1.29 is 23.1 Å². The second-order valence-corrected chi connectivity index (χ2v) is 15.1. The Labute approximate surface area is 259 Å². The van der Waals surface area contributed by atoms with Crippen molar-refractivity contribution in [1.82, 2.24) is 9.55 Å². The molecular formula is C31H43N7O5S. The number of carbonyl (C=O) groups excluding carboxylic acids is 1. The van der Waals surface area contributed by atoms with Gasteiger partial charge < -0.3 is 19.7 Å². The zero-order chi connectivity index (χ0) is 32.8. The van der Waals surface area contributed by atoms with E-state index in [1.54, 1.807) is 35.5 Å². The molecule has 4 rings (SSSR count). The number of amides is 1. The number of hydrogen-bond acceptors (Lipinski definition) is 9. The molecule has 1 aliphatic rings. The van der Waals surface area contributed by atoms with Gasteiger partial charge in [-0.25, -0.2) is 18.4 Å². The number of nitrogens with one attached hydrogen (secondary N) is 2. The van der Waals surface area contributed by atoms with Crippen LogP contribution in [0, 0.1) is 12.3 Å². The summed E-state index contributed by atoms with van der Waals surface area (Å²) in [5.74, 6) is 0.366. The first-order valence-electron chi connectivity index (χ1n) is 14.3. The van der Waals surface area contributed by atoms with Crippen molar-refractivity contribution in [3.63, 3.8) is 0 Å². The molecule has 2 atom stereocenters. The summed E-state index contributed by atoms with van der Waals surface area (Å²) in [5, 5.41) is 24.3. The highest BCUT2D eigenvalue weighted by Gasteiger charge is 2.32. The quantitative estimate of drug-likeness (QED) is 0.292. The van der Waals surface area contributed by atoms with Crippen LogP contribution in [0.3, 0.4) is 0 Å². The van der Waals surface area contributed by atoms with Crippen molar-refractivity contribution in [3.05, 3.63) is 64.7 Å². The van der Waals surface area contributed by atoms with Crippen molar-refractivity contribution in [2.24, 2.45) is 22.8 Å². The van der Waals surface area contributed by atoms with Gasteiger partial charge in [-0.15, -0.1) is 0 Å². The van der Waals surface area contributed by atoms with Crippen molar-refractivity contribution >= 4 is 33.0 Å². The lowest BCUT2D eigenvalue weighted by molar-refractivity contribution is 0.0523. The van der Waals surface area contributed by atoms with Crippen LogP contribution in [0.1, 0.15) is 86.7 Å². The maximum absolute atomic E-state index is 13.6. The number of carbonyl (C=O) groups is 1. The zero-order valence-corrected chi connectivity index (χ0v) is 27.9. The summed E-state index contributed by atoms with van der Waals surface area (Å²) in [6.45, 7) is 14.2. The molecule has 238 valence electrons. The molecular weight excluding hydrogens is 582 g/mol. The minimum Gasteiger partial charge on any atom is -0.492 e. The molecule has 3 N–H and O–H groups in total. The van der Waals surface area contributed by atoms with E-state index < -0.39 is 22.0 Å². The molecule has 1 amide bonds. The maximum Gasteiger partial charge on any atom is 0.255 e. The second kappa shape index (κ2) is 11.8. The van der Waals surface area contributed by atoms with Crippen LogP contribution in [0.2, 0.25) is 0 Å². The molecule has 0 fully saturated rings. The molecule has 44 heavy (non-hydrogen) atoms. The van der Waals surface area contributed by atoms with Crippen LogP contribution < -0.4 is 19.8 Å². The Kier molecular flexibility index (Phi) is 8.87. The van der Waals surface area contributed by atoms with Crippen LogP contribution >= 0.6 is 0 Å². The highest BCUT2D eigenvalue weighted by Crippen LogP contribution is 2.40. The fourth-order valence-electron chi connectivity index (χ4n) is 4.92. The zero-order valence-electron chi connectivity index (χ0n) is 27.1. The molecule has 3 aromatic rings. The fraction of sp³-hybridized carbons (Fsp3) is 0.484. The molecule has 0 saturated heterocycles. The topological polar surface area (TPSA) is 151 Å². The number of aliphatic hydroxyl groups excluding tert-OH is 1. The third-order valence-corrected chi connectivity index (χ3v) is 8.15. The number of aromatic nitrogens is 2. The summed E-state index contributed by atoms with van der Waals surface area (Å²) in [5.41, 5.74) is 3.49. The molecule has 1 aliphatic heterocycles. The lowest BCUT2D eigenvalue weighted by Crippen LogP contribution is -2.23. The first kappa shape index (κ1) is 32.9. The van der Waals surface area contributed by atoms with E-state index in [0.29, 0.717) is 23.6 Å². The van der Waals surface area contributed by atoms with E-state index in [1.807, 2.05) is 66.1 Å². The lowest BCUT2D eigenvalue weighted by atomic mass is 9.86. The molecule has 13 heteroatoms. The average Bonchev–Trinajstić information content (AvgIpc) is 3.53. The minimum atomic E-state index is -3.61. The summed E-state index contributed by atoms with van der Waals surface area (Å²) in [6.07, 6.45) is 2.04. The molecule has 0 bridgehead atoms. The number of imidazole rings is 1. The van der Waals surface area contributed by atoms with E-state index in [4.69, 9.17) is 4.74 Å². The second-order valence-electron chi connectivity index (χ2n) is 13.4. The molecule has 2 aromatic carbocycles. The van der Waals surface area contributed by atoms with Gasteiger partial charge in [0.25, 0.3) is 5.91 Å². The average molecular weight is 626 g/mol. The van der Waals surface area contributed by atoms with E-state index in [1.165, 1.54) is 7.11 Å². The van der Waals surface area contributed by atoms with E-state index in [2.05, 4.69) is 25.4 Å². The third-order valence-electron chi connectivity index (χ3n) is 7.56. The molecule has 1 aromatic heterocycles. The molecule has 2 unspecified atom stereocenters. The van der Waals surface area contributed by atoms with Gasteiger partial charge >= 0.3 is 0 Å². The van der Waals surface area contributed by atoms with Gasteiger partial charge in [0, 0.05) is 12.6 Å². The number of nitrogens with zero attached hydrogens (tertiary/aromatic N) is 5. The number of methoxy groups -OCH3 is 1. The van der Waals surface area contributed by atoms with E-state index >= 15 is 0 Å². The van der Waals surface area contributed by atoms with Gasteiger partial charge in [0.1, 0.15) is 18.0 Å². The first-order valence-corrected chi connectivity index (χ1v) is 16.2. The Morgan fingerprint density at radius 3 is 2.36 bits per heavy atom. The van der Waals surface area contributed by atoms with Gasteiger partial charge in [0.15, 0.2) is 5.75 Å². The highest BCUT2D eigenvalue weighted by atomic mass is 32.2. The first-order chi connectivity index (χ1) is 20.3. The number of aliphatic hydroxyl groups is 1. The van der Waals surface area contributed by atoms with Crippen LogP contribution in [-0.4, -0.2) is 48.9 Å². The van der Waals surface area contributed by atoms with Crippen LogP contribution in [0.4, 0.5) is 17.1 Å². The Hall–Kier alpha value is -3.97. The van der Waals surface area contributed by atoms with Crippen molar-refractivity contribution in [2.45, 2.75) is 66.0 Å². The van der Waals surface area contributed by atoms with Crippen molar-refractivity contribution in [3.8, 4) is 5.75 Å². The molecule has 0 aliphatic carbocycles. The summed E-state index contributed by atoms with van der Waals surface area (Å²) < 4.78 is 34.1. The summed E-state index contributed by atoms with van der Waals surface area (Å²) in [7, 11) is -0.330. The highest BCUT2D eigenvalue weighted by molar-refractivity contribution is 7.92. The smallest absolute Gasteiger partial charge is 0.255 e. The summed E-state index contributed by atoms with van der Waals surface area (Å²) in [6, 6.07) is 8.50. The molecule has 0 spiro atoms. The fourth-order valence-corrected chi connectivity index (χ4v) is 5.47. The van der Waals surface area contributed by atoms with Crippen molar-refractivity contribution in [2.75, 3.05) is 35.0 Å². The van der Waals surface area contributed by atoms with Crippen molar-refractivity contribution in [1.29, 1.82) is 0 Å². The molecule has 2 heterocycles. The van der Waals surface area contributed by atoms with Gasteiger partial charge in [-0.1, -0.05) is 52.8 Å². The predicted octanol–water partition coefficient (Wildman–Crippen LogP) is 5.67. The third kappa shape index (κ3) is 7.05. The molecule has 0 radical (unpaired) electrons. The number of benzene rings is 2. The largest absolute Gasteiger partial charge is 0.492 e. The maximum atomic E-state index is 13.6. The molecule has 0 saturated carbocycles. The molecule has 12 nitrogen and oxygen atoms in total. The van der Waals surface area contributed by atoms with Gasteiger partial charge in [-0.2, -0.15) is 5.11 Å². The SMILES string of the molecule is COc1c(NC(=O)c2ccc(C)c(N3CC(c4cnc(C(O)C(C)(C)C)n4C)N=N3)c2)cc(C(C)(C)C)cc1NS(C)(=O)=O. The summed E-state index contributed by atoms with van der Waals surface area (Å²) in [4.78, 5) is 18.1. The predicted molar refractivity (Wildman–Crippen MR) is 172 cm³/mol. The van der Waals surface area contributed by atoms with Gasteiger partial charge in [0.2, 0.25) is 10.0 Å². The lowest BCUT2D eigenvalue weighted by Gasteiger charge is -2.25. The van der Waals surface area contributed by atoms with Gasteiger partial charge in [-0.3, -0.25) is 9.52 Å². The van der Waals surface area contributed by atoms with Crippen LogP contribution in [-0.2, 0) is 22.5 Å². The Morgan fingerprint density at radius 2 is 1.77 bits per heavy atom.